The number of piperidine rings is 1. The van der Waals surface area contributed by atoms with E-state index in [1.807, 2.05) is 0 Å². The second kappa shape index (κ2) is 5.07. The van der Waals surface area contributed by atoms with Crippen LogP contribution < -0.4 is 10.6 Å². The molecule has 0 amide bonds. The Bertz CT molecular complexity index is 480. The molecule has 1 aromatic rings. The van der Waals surface area contributed by atoms with Crippen LogP contribution in [0, 0.1) is 15.5 Å². The van der Waals surface area contributed by atoms with Gasteiger partial charge in [0.15, 0.2) is 0 Å². The van der Waals surface area contributed by atoms with Gasteiger partial charge in [-0.05, 0) is 30.4 Å². The Morgan fingerprint density at radius 2 is 2.05 bits per heavy atom. The van der Waals surface area contributed by atoms with Gasteiger partial charge in [0, 0.05) is 24.8 Å². The molecule has 0 atom stereocenters. The van der Waals surface area contributed by atoms with Gasteiger partial charge in [-0.3, -0.25) is 10.1 Å². The highest BCUT2D eigenvalue weighted by molar-refractivity contribution is 5.66. The van der Waals surface area contributed by atoms with Crippen LogP contribution in [0.1, 0.15) is 33.1 Å². The topological polar surface area (TPSA) is 72.4 Å². The second-order valence-corrected chi connectivity index (χ2v) is 5.65. The highest BCUT2D eigenvalue weighted by Crippen LogP contribution is 2.36. The van der Waals surface area contributed by atoms with Crippen LogP contribution in [0.4, 0.5) is 17.1 Å². The molecule has 0 saturated carbocycles. The average Bonchev–Trinajstić information content (AvgIpc) is 2.39. The second-order valence-electron chi connectivity index (χ2n) is 5.65. The molecule has 1 heterocycles. The molecule has 2 rings (SSSR count). The minimum Gasteiger partial charge on any atom is -0.393 e. The fourth-order valence-electron chi connectivity index (χ4n) is 2.56. The number of nitro groups is 1. The van der Waals surface area contributed by atoms with Crippen LogP contribution in [0.3, 0.4) is 0 Å². The number of hydrogen-bond donors (Lipinski definition) is 1. The van der Waals surface area contributed by atoms with Crippen LogP contribution in [0.15, 0.2) is 18.2 Å². The summed E-state index contributed by atoms with van der Waals surface area (Å²) in [5.41, 5.74) is 7.39. The van der Waals surface area contributed by atoms with Crippen molar-refractivity contribution in [3.8, 4) is 0 Å². The van der Waals surface area contributed by atoms with Crippen molar-refractivity contribution in [2.45, 2.75) is 33.1 Å². The Hall–Kier alpha value is -1.78. The molecule has 1 fully saturated rings. The number of nitrogens with zero attached hydrogens (tertiary/aromatic N) is 2. The molecule has 2 N–H and O–H groups in total. The zero-order chi connectivity index (χ0) is 14.0. The summed E-state index contributed by atoms with van der Waals surface area (Å²) >= 11 is 0. The maximum atomic E-state index is 10.7. The van der Waals surface area contributed by atoms with Crippen LogP contribution in [-0.2, 0) is 0 Å². The lowest BCUT2D eigenvalue weighted by molar-refractivity contribution is -0.383. The molecule has 5 nitrogen and oxygen atoms in total. The van der Waals surface area contributed by atoms with Gasteiger partial charge in [-0.1, -0.05) is 20.3 Å². The smallest absolute Gasteiger partial charge is 0.292 e. The number of nitro benzene ring substituents is 1. The zero-order valence-corrected chi connectivity index (χ0v) is 11.6. The van der Waals surface area contributed by atoms with Crippen LogP contribution in [0.2, 0.25) is 0 Å². The first-order chi connectivity index (χ1) is 8.95. The molecular weight excluding hydrogens is 242 g/mol. The Labute approximate surface area is 113 Å². The molecule has 0 spiro atoms. The van der Waals surface area contributed by atoms with Crippen molar-refractivity contribution in [1.29, 1.82) is 0 Å². The summed E-state index contributed by atoms with van der Waals surface area (Å²) in [6.45, 7) is 6.54. The van der Waals surface area contributed by atoms with Crippen molar-refractivity contribution in [2.24, 2.45) is 5.41 Å². The Morgan fingerprint density at radius 3 is 2.53 bits per heavy atom. The maximum absolute atomic E-state index is 10.7. The van der Waals surface area contributed by atoms with Crippen molar-refractivity contribution in [2.75, 3.05) is 23.7 Å². The maximum Gasteiger partial charge on any atom is 0.292 e. The van der Waals surface area contributed by atoms with Crippen molar-refractivity contribution in [1.82, 2.24) is 0 Å². The van der Waals surface area contributed by atoms with Gasteiger partial charge in [-0.2, -0.15) is 0 Å². The fourth-order valence-corrected chi connectivity index (χ4v) is 2.56. The molecule has 19 heavy (non-hydrogen) atoms. The van der Waals surface area contributed by atoms with Crippen LogP contribution >= 0.6 is 0 Å². The Balaban J connectivity index is 2.12. The first-order valence-corrected chi connectivity index (χ1v) is 6.74. The van der Waals surface area contributed by atoms with E-state index in [4.69, 9.17) is 5.73 Å². The zero-order valence-electron chi connectivity index (χ0n) is 11.6. The van der Waals surface area contributed by atoms with Gasteiger partial charge in [0.25, 0.3) is 5.69 Å². The number of anilines is 2. The number of benzene rings is 1. The molecular formula is C14H21N3O2. The molecule has 0 radical (unpaired) electrons. The first kappa shape index (κ1) is 13.6. The van der Waals surface area contributed by atoms with E-state index in [1.165, 1.54) is 12.5 Å². The van der Waals surface area contributed by atoms with E-state index in [-0.39, 0.29) is 11.4 Å². The first-order valence-electron chi connectivity index (χ1n) is 6.74. The minimum absolute atomic E-state index is 0.0147. The fraction of sp³-hybridized carbons (Fsp3) is 0.571. The summed E-state index contributed by atoms with van der Waals surface area (Å²) in [5.74, 6) is 0. The van der Waals surface area contributed by atoms with E-state index in [9.17, 15) is 10.1 Å². The van der Waals surface area contributed by atoms with Crippen LogP contribution in [-0.4, -0.2) is 18.0 Å². The van der Waals surface area contributed by atoms with E-state index in [2.05, 4.69) is 18.7 Å². The van der Waals surface area contributed by atoms with E-state index in [0.717, 1.165) is 31.6 Å². The van der Waals surface area contributed by atoms with Gasteiger partial charge in [0.2, 0.25) is 0 Å². The van der Waals surface area contributed by atoms with Gasteiger partial charge in [0.1, 0.15) is 5.69 Å². The summed E-state index contributed by atoms with van der Waals surface area (Å²) < 4.78 is 0. The third-order valence-corrected chi connectivity index (χ3v) is 4.40. The SMILES string of the molecule is CCC1(C)CCN(c2ccc([N+](=O)[O-])c(N)c2)CC1. The van der Waals surface area contributed by atoms with E-state index in [1.54, 1.807) is 12.1 Å². The number of nitrogen functional groups attached to an aromatic ring is 1. The summed E-state index contributed by atoms with van der Waals surface area (Å²) in [4.78, 5) is 12.6. The molecule has 104 valence electrons. The molecule has 0 unspecified atom stereocenters. The van der Waals surface area contributed by atoms with E-state index in [0.29, 0.717) is 5.41 Å². The predicted molar refractivity (Wildman–Crippen MR) is 77.4 cm³/mol. The lowest BCUT2D eigenvalue weighted by atomic mass is 9.78. The van der Waals surface area contributed by atoms with Gasteiger partial charge in [0.05, 0.1) is 4.92 Å². The number of rotatable bonds is 3. The summed E-state index contributed by atoms with van der Waals surface area (Å²) in [5, 5.41) is 10.7. The third-order valence-electron chi connectivity index (χ3n) is 4.40. The van der Waals surface area contributed by atoms with Gasteiger partial charge >= 0.3 is 0 Å². The summed E-state index contributed by atoms with van der Waals surface area (Å²) in [6.07, 6.45) is 3.50. The average molecular weight is 263 g/mol. The van der Waals surface area contributed by atoms with Crippen LogP contribution in [0.5, 0.6) is 0 Å². The molecule has 0 aromatic heterocycles. The number of hydrogen-bond acceptors (Lipinski definition) is 4. The number of nitrogens with two attached hydrogens (primary N) is 1. The Morgan fingerprint density at radius 1 is 1.42 bits per heavy atom. The lowest BCUT2D eigenvalue weighted by Gasteiger charge is -2.40. The quantitative estimate of drug-likeness (QED) is 0.516. The molecule has 1 aliphatic rings. The van der Waals surface area contributed by atoms with Crippen molar-refractivity contribution < 1.29 is 4.92 Å². The van der Waals surface area contributed by atoms with E-state index >= 15 is 0 Å². The third kappa shape index (κ3) is 2.80. The largest absolute Gasteiger partial charge is 0.393 e. The van der Waals surface area contributed by atoms with Gasteiger partial charge < -0.3 is 10.6 Å². The van der Waals surface area contributed by atoms with Crippen molar-refractivity contribution in [3.05, 3.63) is 28.3 Å². The van der Waals surface area contributed by atoms with Gasteiger partial charge in [-0.15, -0.1) is 0 Å². The van der Waals surface area contributed by atoms with E-state index < -0.39 is 4.92 Å². The molecule has 0 aliphatic carbocycles. The standard InChI is InChI=1S/C14H21N3O2/c1-3-14(2)6-8-16(9-7-14)11-4-5-13(17(18)19)12(15)10-11/h4-5,10H,3,6-9,15H2,1-2H3. The monoisotopic (exact) mass is 263 g/mol. The Kier molecular flexibility index (Phi) is 3.64. The summed E-state index contributed by atoms with van der Waals surface area (Å²) in [7, 11) is 0. The normalized spacial score (nSPS) is 18.3. The molecule has 0 bridgehead atoms. The van der Waals surface area contributed by atoms with Crippen LogP contribution in [0.25, 0.3) is 0 Å². The molecule has 1 aromatic carbocycles. The highest BCUT2D eigenvalue weighted by atomic mass is 16.6. The predicted octanol–water partition coefficient (Wildman–Crippen LogP) is 3.19. The lowest BCUT2D eigenvalue weighted by Crippen LogP contribution is -2.38. The minimum atomic E-state index is -0.441. The van der Waals surface area contributed by atoms with Crippen molar-refractivity contribution in [3.63, 3.8) is 0 Å². The summed E-state index contributed by atoms with van der Waals surface area (Å²) in [6, 6.07) is 5.01. The molecule has 5 heteroatoms. The molecule has 1 saturated heterocycles. The molecule has 1 aliphatic heterocycles. The highest BCUT2D eigenvalue weighted by Gasteiger charge is 2.28. The van der Waals surface area contributed by atoms with Crippen molar-refractivity contribution >= 4 is 17.1 Å². The van der Waals surface area contributed by atoms with Gasteiger partial charge in [-0.25, -0.2) is 0 Å².